The SMILES string of the molecule is CCCCCCCCCCCCCCCC=CC1=C(c2cc(C)c(C)c(C)c2)[N+](=[N-])C(c2cc(C)c(C)c(C)c2)=C1CCCCCCCCCCCCCCCCCCCCCCCCC.[CH2-]C.[CH2-]C.[Ni+2]. The Morgan fingerprint density at radius 3 is 0.930 bits per heavy atom. The van der Waals surface area contributed by atoms with Gasteiger partial charge in [0, 0.05) is 16.7 Å². The van der Waals surface area contributed by atoms with Gasteiger partial charge in [-0.25, -0.2) is 4.70 Å². The third-order valence-electron chi connectivity index (χ3n) is 15.5. The fourth-order valence-corrected chi connectivity index (χ4v) is 10.5. The third-order valence-corrected chi connectivity index (χ3v) is 15.5. The van der Waals surface area contributed by atoms with Crippen LogP contribution in [-0.4, -0.2) is 4.70 Å². The van der Waals surface area contributed by atoms with Crippen LogP contribution in [0, 0.1) is 55.4 Å². The van der Waals surface area contributed by atoms with Crippen molar-refractivity contribution in [1.82, 2.24) is 0 Å². The second-order valence-electron chi connectivity index (χ2n) is 21.3. The number of allylic oxidation sites excluding steroid dienone is 4. The van der Waals surface area contributed by atoms with Crippen molar-refractivity contribution in [2.75, 3.05) is 0 Å². The van der Waals surface area contributed by atoms with Crippen LogP contribution in [0.15, 0.2) is 47.6 Å². The number of aryl methyl sites for hydroxylation is 4. The van der Waals surface area contributed by atoms with Gasteiger partial charge in [-0.3, -0.25) is 0 Å². The first-order chi connectivity index (χ1) is 34.2. The van der Waals surface area contributed by atoms with Gasteiger partial charge in [0.05, 0.1) is 5.57 Å². The number of rotatable bonds is 41. The maximum Gasteiger partial charge on any atom is 2.00 e. The number of hydrogen-bond donors (Lipinski definition) is 0. The monoisotopic (exact) mass is 1020 g/mol. The summed E-state index contributed by atoms with van der Waals surface area (Å²) < 4.78 is 1.58. The molecule has 0 saturated heterocycles. The van der Waals surface area contributed by atoms with Crippen LogP contribution in [0.1, 0.15) is 316 Å². The summed E-state index contributed by atoms with van der Waals surface area (Å²) in [4.78, 5) is 0. The molecule has 0 spiro atoms. The van der Waals surface area contributed by atoms with Gasteiger partial charge in [0.25, 0.3) is 0 Å². The van der Waals surface area contributed by atoms with Gasteiger partial charge < -0.3 is 19.4 Å². The predicted molar refractivity (Wildman–Crippen MR) is 317 cm³/mol. The minimum absolute atomic E-state index is 0. The van der Waals surface area contributed by atoms with Crippen molar-refractivity contribution < 1.29 is 21.2 Å². The van der Waals surface area contributed by atoms with E-state index in [2.05, 4.69) is 106 Å². The smallest absolute Gasteiger partial charge is 0.493 e. The minimum atomic E-state index is 0. The van der Waals surface area contributed by atoms with Crippen LogP contribution in [0.25, 0.3) is 16.9 Å². The molecule has 0 saturated carbocycles. The van der Waals surface area contributed by atoms with Crippen molar-refractivity contribution in [3.8, 4) is 0 Å². The fourth-order valence-electron chi connectivity index (χ4n) is 10.5. The van der Waals surface area contributed by atoms with Crippen molar-refractivity contribution in [1.29, 1.82) is 0 Å². The molecule has 0 aliphatic carbocycles. The molecule has 1 heterocycles. The summed E-state index contributed by atoms with van der Waals surface area (Å²) in [5.74, 6) is 0. The molecule has 1 aliphatic heterocycles. The largest absolute Gasteiger partial charge is 2.00 e. The molecule has 2 nitrogen and oxygen atoms in total. The Labute approximate surface area is 454 Å². The molecule has 0 atom stereocenters. The minimum Gasteiger partial charge on any atom is -0.493 e. The first kappa shape index (κ1) is 68.8. The van der Waals surface area contributed by atoms with Gasteiger partial charge in [-0.05, 0) is 125 Å². The van der Waals surface area contributed by atoms with Crippen LogP contribution < -0.4 is 0 Å². The van der Waals surface area contributed by atoms with Gasteiger partial charge in [0.2, 0.25) is 11.4 Å². The summed E-state index contributed by atoms with van der Waals surface area (Å²) in [6, 6.07) is 9.22. The standard InChI is InChI=1S/C64H106N2.2C2H5.Ni/c1-9-11-13-15-17-19-21-23-25-26-27-28-29-30-31-32-34-36-38-40-42-44-46-48-62-61(47-45-43-41-39-37-35-33-24-22-20-18-16-14-12-10-2)63(59-49-53(3)57(7)54(4)50-59)66(65)64(62)60-51-55(5)58(8)56(6)52-60;2*1-2;/h45,47,49-52H,9-44,46,48H2,1-8H3;2*1H2,2H3;/q;2*-1;+2. The molecule has 0 amide bonds. The van der Waals surface area contributed by atoms with E-state index < -0.39 is 0 Å². The summed E-state index contributed by atoms with van der Waals surface area (Å²) in [6.07, 6.45) is 57.3. The molecule has 0 bridgehead atoms. The summed E-state index contributed by atoms with van der Waals surface area (Å²) in [5, 5.41) is 0. The van der Waals surface area contributed by atoms with Crippen LogP contribution in [0.4, 0.5) is 0 Å². The normalized spacial score (nSPS) is 12.4. The molecule has 3 rings (SSSR count). The quantitative estimate of drug-likeness (QED) is 0.0275. The van der Waals surface area contributed by atoms with Crippen molar-refractivity contribution in [3.63, 3.8) is 0 Å². The number of benzene rings is 2. The third kappa shape index (κ3) is 29.4. The first-order valence-corrected chi connectivity index (χ1v) is 30.4. The van der Waals surface area contributed by atoms with E-state index in [4.69, 9.17) is 0 Å². The predicted octanol–water partition coefficient (Wildman–Crippen LogP) is 23.8. The Bertz CT molecular complexity index is 1680. The second-order valence-corrected chi connectivity index (χ2v) is 21.3. The Morgan fingerprint density at radius 2 is 0.634 bits per heavy atom. The van der Waals surface area contributed by atoms with Crippen LogP contribution in [0.3, 0.4) is 0 Å². The van der Waals surface area contributed by atoms with Crippen LogP contribution in [-0.2, 0) is 16.5 Å². The molecule has 2 aromatic rings. The molecule has 0 aromatic heterocycles. The Balaban J connectivity index is 0.00000954. The van der Waals surface area contributed by atoms with E-state index in [1.807, 2.05) is 0 Å². The molecule has 71 heavy (non-hydrogen) atoms. The zero-order valence-corrected chi connectivity index (χ0v) is 49.9. The van der Waals surface area contributed by atoms with E-state index in [-0.39, 0.29) is 16.5 Å². The van der Waals surface area contributed by atoms with Gasteiger partial charge in [-0.15, -0.1) is 0 Å². The molecule has 0 N–H and O–H groups in total. The van der Waals surface area contributed by atoms with Gasteiger partial charge in [-0.2, -0.15) is 13.8 Å². The molecular formula is C68H116N2Ni. The molecule has 1 aliphatic rings. The Hall–Kier alpha value is -2.25. The average molecular weight is 1020 g/mol. The molecule has 408 valence electrons. The van der Waals surface area contributed by atoms with E-state index in [1.54, 1.807) is 18.5 Å². The van der Waals surface area contributed by atoms with Gasteiger partial charge in [0.1, 0.15) is 0 Å². The zero-order valence-electron chi connectivity index (χ0n) is 49.0. The van der Waals surface area contributed by atoms with E-state index in [9.17, 15) is 5.53 Å². The molecule has 3 heteroatoms. The van der Waals surface area contributed by atoms with Crippen molar-refractivity contribution in [3.05, 3.63) is 111 Å². The summed E-state index contributed by atoms with van der Waals surface area (Å²) in [6.45, 7) is 27.9. The van der Waals surface area contributed by atoms with E-state index in [0.29, 0.717) is 0 Å². The maximum absolute atomic E-state index is 12.4. The number of unbranched alkanes of at least 4 members (excludes halogenated alkanes) is 35. The summed E-state index contributed by atoms with van der Waals surface area (Å²) in [7, 11) is 0. The van der Waals surface area contributed by atoms with Crippen LogP contribution in [0.5, 0.6) is 0 Å². The molecule has 0 unspecified atom stereocenters. The zero-order chi connectivity index (χ0) is 51.6. The van der Waals surface area contributed by atoms with Gasteiger partial charge in [-0.1, -0.05) is 244 Å². The average Bonchev–Trinajstić information content (AvgIpc) is 3.64. The van der Waals surface area contributed by atoms with Gasteiger partial charge in [0.15, 0.2) is 0 Å². The van der Waals surface area contributed by atoms with E-state index in [0.717, 1.165) is 41.8 Å². The molecular weight excluding hydrogens is 903 g/mol. The fraction of sp³-hybridized carbons (Fsp3) is 0.706. The van der Waals surface area contributed by atoms with E-state index in [1.165, 1.54) is 269 Å². The molecule has 2 aromatic carbocycles. The van der Waals surface area contributed by atoms with Gasteiger partial charge >= 0.3 is 16.5 Å². The van der Waals surface area contributed by atoms with Crippen LogP contribution >= 0.6 is 0 Å². The molecule has 0 radical (unpaired) electrons. The second kappa shape index (κ2) is 46.3. The van der Waals surface area contributed by atoms with Crippen molar-refractivity contribution in [2.24, 2.45) is 0 Å². The Kier molecular flexibility index (Phi) is 44.8. The summed E-state index contributed by atoms with van der Waals surface area (Å²) in [5.41, 5.74) is 27.0. The maximum atomic E-state index is 12.4. The van der Waals surface area contributed by atoms with Crippen molar-refractivity contribution >= 4 is 11.4 Å². The Morgan fingerprint density at radius 1 is 0.380 bits per heavy atom. The van der Waals surface area contributed by atoms with E-state index >= 15 is 0 Å². The summed E-state index contributed by atoms with van der Waals surface area (Å²) >= 11 is 0. The first-order valence-electron chi connectivity index (χ1n) is 30.4. The van der Waals surface area contributed by atoms with Crippen molar-refractivity contribution in [2.45, 2.75) is 313 Å². The molecule has 0 fully saturated rings. The van der Waals surface area contributed by atoms with Crippen LogP contribution in [0.2, 0.25) is 0 Å². The topological polar surface area (TPSA) is 25.3 Å². The number of hydrogen-bond acceptors (Lipinski definition) is 0. The number of nitrogens with zero attached hydrogens (tertiary/aromatic N) is 2.